The normalized spacial score (nSPS) is 15.2. The number of allylic oxidation sites excluding steroid dienone is 1. The average molecular weight is 756 g/mol. The van der Waals surface area contributed by atoms with Gasteiger partial charge in [-0.2, -0.15) is 0 Å². The maximum atomic E-state index is 13.9. The third-order valence-corrected chi connectivity index (χ3v) is 9.33. The zero-order valence-corrected chi connectivity index (χ0v) is 26.9. The van der Waals surface area contributed by atoms with Gasteiger partial charge in [0.05, 0.1) is 26.0 Å². The highest BCUT2D eigenvalue weighted by molar-refractivity contribution is 14.1. The fraction of sp³-hybridized carbons (Fsp3) is 0.179. The van der Waals surface area contributed by atoms with Gasteiger partial charge in [0.2, 0.25) is 0 Å². The van der Waals surface area contributed by atoms with Crippen molar-refractivity contribution in [2.75, 3.05) is 6.61 Å². The van der Waals surface area contributed by atoms with Gasteiger partial charge < -0.3 is 9.47 Å². The van der Waals surface area contributed by atoms with E-state index in [0.717, 1.165) is 24.0 Å². The van der Waals surface area contributed by atoms with Crippen LogP contribution in [0.3, 0.4) is 0 Å². The molecule has 0 saturated carbocycles. The van der Waals surface area contributed by atoms with E-state index >= 15 is 0 Å². The number of esters is 1. The molecule has 0 radical (unpaired) electrons. The molecule has 200 valence electrons. The summed E-state index contributed by atoms with van der Waals surface area (Å²) < 4.78 is 15.4. The largest absolute Gasteiger partial charge is 0.487 e. The summed E-state index contributed by atoms with van der Waals surface area (Å²) in [5.74, 6) is 0.187. The fourth-order valence-electron chi connectivity index (χ4n) is 4.27. The third kappa shape index (κ3) is 5.95. The van der Waals surface area contributed by atoms with Crippen LogP contribution in [-0.2, 0) is 16.1 Å². The summed E-state index contributed by atoms with van der Waals surface area (Å²) in [5, 5.41) is 2.57. The van der Waals surface area contributed by atoms with Crippen molar-refractivity contribution in [1.29, 1.82) is 0 Å². The molecule has 2 aromatic carbocycles. The Hall–Kier alpha value is -2.25. The van der Waals surface area contributed by atoms with Gasteiger partial charge in [-0.3, -0.25) is 9.36 Å². The van der Waals surface area contributed by atoms with Crippen LogP contribution in [0.25, 0.3) is 6.08 Å². The van der Waals surface area contributed by atoms with Gasteiger partial charge in [-0.15, -0.1) is 11.3 Å². The van der Waals surface area contributed by atoms with E-state index in [4.69, 9.17) is 21.1 Å². The molecule has 1 aliphatic rings. The van der Waals surface area contributed by atoms with Crippen LogP contribution in [0.4, 0.5) is 0 Å². The summed E-state index contributed by atoms with van der Waals surface area (Å²) in [6.07, 6.45) is 1.82. The minimum atomic E-state index is -0.608. The zero-order chi connectivity index (χ0) is 27.7. The van der Waals surface area contributed by atoms with Gasteiger partial charge >= 0.3 is 5.97 Å². The standard InChI is InChI=1S/C28H21BrClIN2O4S2/c1-3-36-27(35)23-15(2)32-28-33(24(23)21-8-5-9-38-21)26(34)22(39-28)12-17-11-18(29)13-20(31)25(17)37-14-16-6-4-7-19(30)10-16/h4-13,24H,3,14H2,1-2H3/b22-12-/t24-/m0/s1. The summed E-state index contributed by atoms with van der Waals surface area (Å²) >= 11 is 14.7. The molecule has 4 aromatic rings. The molecule has 0 fully saturated rings. The molecule has 0 amide bonds. The maximum Gasteiger partial charge on any atom is 0.338 e. The van der Waals surface area contributed by atoms with E-state index in [-0.39, 0.29) is 12.2 Å². The second kappa shape index (κ2) is 12.1. The first-order valence-corrected chi connectivity index (χ1v) is 15.8. The Morgan fingerprint density at radius 3 is 2.79 bits per heavy atom. The quantitative estimate of drug-likeness (QED) is 0.161. The lowest BCUT2D eigenvalue weighted by Gasteiger charge is -2.23. The van der Waals surface area contributed by atoms with Gasteiger partial charge in [0.1, 0.15) is 18.4 Å². The van der Waals surface area contributed by atoms with Gasteiger partial charge in [-0.05, 0) is 83.8 Å². The van der Waals surface area contributed by atoms with Crippen LogP contribution >= 0.6 is 72.8 Å². The molecule has 6 nitrogen and oxygen atoms in total. The topological polar surface area (TPSA) is 69.9 Å². The molecule has 0 saturated heterocycles. The number of nitrogens with zero attached hydrogens (tertiary/aromatic N) is 2. The van der Waals surface area contributed by atoms with Crippen LogP contribution in [0, 0.1) is 3.57 Å². The van der Waals surface area contributed by atoms with Crippen molar-refractivity contribution in [2.45, 2.75) is 26.5 Å². The number of fused-ring (bicyclic) bond motifs is 1. The Morgan fingerprint density at radius 2 is 2.08 bits per heavy atom. The number of benzene rings is 2. The number of thiazole rings is 1. The zero-order valence-electron chi connectivity index (χ0n) is 20.7. The summed E-state index contributed by atoms with van der Waals surface area (Å²) in [5.41, 5.74) is 2.37. The maximum absolute atomic E-state index is 13.9. The van der Waals surface area contributed by atoms with Crippen LogP contribution < -0.4 is 19.6 Å². The lowest BCUT2D eigenvalue weighted by atomic mass is 10.0. The molecule has 39 heavy (non-hydrogen) atoms. The first kappa shape index (κ1) is 28.3. The first-order valence-electron chi connectivity index (χ1n) is 11.9. The van der Waals surface area contributed by atoms with Crippen molar-refractivity contribution in [3.63, 3.8) is 0 Å². The molecule has 2 aromatic heterocycles. The number of halogens is 3. The number of ether oxygens (including phenoxy) is 2. The number of carbonyl (C=O) groups excluding carboxylic acids is 1. The summed E-state index contributed by atoms with van der Waals surface area (Å²) in [4.78, 5) is 32.9. The highest BCUT2D eigenvalue weighted by Gasteiger charge is 2.34. The Bertz CT molecular complexity index is 1780. The van der Waals surface area contributed by atoms with Crippen molar-refractivity contribution < 1.29 is 14.3 Å². The molecular weight excluding hydrogens is 735 g/mol. The Labute approximate surface area is 259 Å². The van der Waals surface area contributed by atoms with E-state index < -0.39 is 12.0 Å². The van der Waals surface area contributed by atoms with Crippen LogP contribution in [-0.4, -0.2) is 17.1 Å². The number of rotatable bonds is 7. The molecule has 0 unspecified atom stereocenters. The van der Waals surface area contributed by atoms with Crippen molar-refractivity contribution in [3.8, 4) is 5.75 Å². The van der Waals surface area contributed by atoms with E-state index in [1.54, 1.807) is 18.4 Å². The van der Waals surface area contributed by atoms with Crippen LogP contribution in [0.1, 0.15) is 35.9 Å². The van der Waals surface area contributed by atoms with Crippen LogP contribution in [0.15, 0.2) is 79.4 Å². The number of thiophene rings is 1. The van der Waals surface area contributed by atoms with E-state index in [1.807, 2.05) is 60.0 Å². The molecule has 3 heterocycles. The second-order valence-corrected chi connectivity index (χ2v) is 13.0. The fourth-order valence-corrected chi connectivity index (χ4v) is 8.05. The van der Waals surface area contributed by atoms with Crippen LogP contribution in [0.5, 0.6) is 5.75 Å². The number of hydrogen-bond donors (Lipinski definition) is 0. The molecule has 1 aliphatic heterocycles. The smallest absolute Gasteiger partial charge is 0.338 e. The number of hydrogen-bond acceptors (Lipinski definition) is 7. The van der Waals surface area contributed by atoms with E-state index in [9.17, 15) is 9.59 Å². The van der Waals surface area contributed by atoms with E-state index in [0.29, 0.717) is 38.0 Å². The molecule has 0 bridgehead atoms. The van der Waals surface area contributed by atoms with Crippen molar-refractivity contribution >= 4 is 84.8 Å². The molecule has 11 heteroatoms. The Morgan fingerprint density at radius 1 is 1.26 bits per heavy atom. The lowest BCUT2D eigenvalue weighted by molar-refractivity contribution is -0.139. The third-order valence-electron chi connectivity index (χ3n) is 5.93. The highest BCUT2D eigenvalue weighted by Crippen LogP contribution is 2.34. The Balaban J connectivity index is 1.63. The summed E-state index contributed by atoms with van der Waals surface area (Å²) in [6, 6.07) is 14.6. The molecule has 0 spiro atoms. The summed E-state index contributed by atoms with van der Waals surface area (Å²) in [6.45, 7) is 4.09. The van der Waals surface area contributed by atoms with E-state index in [1.165, 1.54) is 22.7 Å². The number of aromatic nitrogens is 1. The lowest BCUT2D eigenvalue weighted by Crippen LogP contribution is -2.39. The number of carbonyl (C=O) groups is 1. The van der Waals surface area contributed by atoms with Gasteiger partial charge in [0, 0.05) is 19.9 Å². The van der Waals surface area contributed by atoms with Crippen molar-refractivity contribution in [3.05, 3.63) is 114 Å². The Kier molecular flexibility index (Phi) is 8.77. The van der Waals surface area contributed by atoms with Crippen molar-refractivity contribution in [2.24, 2.45) is 4.99 Å². The second-order valence-electron chi connectivity index (χ2n) is 8.54. The highest BCUT2D eigenvalue weighted by atomic mass is 127. The molecule has 5 rings (SSSR count). The molecule has 0 aliphatic carbocycles. The minimum absolute atomic E-state index is 0.233. The van der Waals surface area contributed by atoms with Crippen LogP contribution in [0.2, 0.25) is 5.02 Å². The van der Waals surface area contributed by atoms with Gasteiger partial charge in [0.25, 0.3) is 5.56 Å². The summed E-state index contributed by atoms with van der Waals surface area (Å²) in [7, 11) is 0. The molecule has 0 N–H and O–H groups in total. The average Bonchev–Trinajstić information content (AvgIpc) is 3.51. The first-order chi connectivity index (χ1) is 18.8. The van der Waals surface area contributed by atoms with Crippen molar-refractivity contribution in [1.82, 2.24) is 4.57 Å². The molecular formula is C28H21BrClIN2O4S2. The predicted molar refractivity (Wildman–Crippen MR) is 167 cm³/mol. The van der Waals surface area contributed by atoms with Gasteiger partial charge in [-0.25, -0.2) is 9.79 Å². The van der Waals surface area contributed by atoms with E-state index in [2.05, 4.69) is 43.5 Å². The van der Waals surface area contributed by atoms with Gasteiger partial charge in [-0.1, -0.05) is 57.1 Å². The molecule has 1 atom stereocenters. The SMILES string of the molecule is CCOC(=O)C1=C(C)N=c2s/c(=C\c3cc(Br)cc(I)c3OCc3cccc(Cl)c3)c(=O)n2[C@H]1c1cccs1. The van der Waals surface area contributed by atoms with Gasteiger partial charge in [0.15, 0.2) is 4.80 Å². The minimum Gasteiger partial charge on any atom is -0.487 e. The monoisotopic (exact) mass is 754 g/mol. The predicted octanol–water partition coefficient (Wildman–Crippen LogP) is 6.46.